The van der Waals surface area contributed by atoms with Crippen LogP contribution in [0.15, 0.2) is 0 Å². The van der Waals surface area contributed by atoms with Crippen molar-refractivity contribution in [3.8, 4) is 0 Å². The Morgan fingerprint density at radius 1 is 0.778 bits per heavy atom. The summed E-state index contributed by atoms with van der Waals surface area (Å²) in [5.41, 5.74) is 0. The Morgan fingerprint density at radius 2 is 1.17 bits per heavy atom. The molecule has 2 unspecified atom stereocenters. The Labute approximate surface area is 91.1 Å². The number of alkyl halides is 11. The Kier molecular flexibility index (Phi) is 2.87. The molecule has 0 aliphatic carbocycles. The largest absolute Gasteiger partial charge is 0.462 e. The Bertz CT molecular complexity index is 340. The number of rotatable bonds is 2. The van der Waals surface area contributed by atoms with Crippen LogP contribution in [0.25, 0.3) is 0 Å². The smallest absolute Gasteiger partial charge is 0.218 e. The monoisotopic (exact) mass is 297 g/mol. The van der Waals surface area contributed by atoms with Crippen LogP contribution < -0.4 is 0 Å². The zero-order valence-electron chi connectivity index (χ0n) is 7.81. The third-order valence-corrected chi connectivity index (χ3v) is 2.23. The van der Waals surface area contributed by atoms with E-state index in [0.29, 0.717) is 0 Å². The number of hydrogen-bond acceptors (Lipinski definition) is 1. The topological polar surface area (TPSA) is 3.01 Å². The molecule has 0 saturated carbocycles. The highest BCUT2D eigenvalue weighted by atomic mass is 19.4. The zero-order chi connectivity index (χ0) is 14.8. The van der Waals surface area contributed by atoms with E-state index in [4.69, 9.17) is 0 Å². The van der Waals surface area contributed by atoms with Gasteiger partial charge in [0.2, 0.25) is 0 Å². The van der Waals surface area contributed by atoms with E-state index < -0.39 is 41.6 Å². The molecule has 1 rings (SSSR count). The molecular weight excluding hydrogens is 295 g/mol. The molecule has 0 N–H and O–H groups in total. The highest BCUT2D eigenvalue weighted by molar-refractivity contribution is 5.15. The molecule has 1 nitrogen and oxygen atoms in total. The van der Waals surface area contributed by atoms with Gasteiger partial charge >= 0.3 is 24.3 Å². The quantitative estimate of drug-likeness (QED) is 0.429. The predicted octanol–water partition coefficient (Wildman–Crippen LogP) is 3.32. The van der Waals surface area contributed by atoms with Crippen molar-refractivity contribution < 1.29 is 48.3 Å². The molecule has 0 aromatic carbocycles. The van der Waals surface area contributed by atoms with Crippen molar-refractivity contribution in [2.24, 2.45) is 0 Å². The lowest BCUT2D eigenvalue weighted by molar-refractivity contribution is -0.380. The maximum atomic E-state index is 12.9. The van der Waals surface area contributed by atoms with E-state index in [2.05, 4.69) is 0 Å². The summed E-state index contributed by atoms with van der Waals surface area (Å²) in [6.07, 6.45) is -12.7. The van der Waals surface area contributed by atoms with Gasteiger partial charge in [0.05, 0.1) is 6.54 Å². The molecule has 0 bridgehead atoms. The molecule has 0 radical (unpaired) electrons. The second kappa shape index (κ2) is 3.39. The molecule has 12 heteroatoms. The van der Waals surface area contributed by atoms with Gasteiger partial charge in [-0.05, 0) is 0 Å². The van der Waals surface area contributed by atoms with Crippen LogP contribution in [0, 0.1) is 0 Å². The maximum Gasteiger partial charge on any atom is 0.462 e. The van der Waals surface area contributed by atoms with Crippen LogP contribution in [0.3, 0.4) is 0 Å². The summed E-state index contributed by atoms with van der Waals surface area (Å²) in [6, 6.07) is 0. The summed E-state index contributed by atoms with van der Waals surface area (Å²) >= 11 is 0. The van der Waals surface area contributed by atoms with E-state index in [1.165, 1.54) is 0 Å². The molecule has 2 atom stereocenters. The fourth-order valence-corrected chi connectivity index (χ4v) is 1.15. The van der Waals surface area contributed by atoms with Gasteiger partial charge in [-0.15, -0.1) is 0 Å². The van der Waals surface area contributed by atoms with Crippen molar-refractivity contribution >= 4 is 0 Å². The van der Waals surface area contributed by atoms with E-state index in [1.807, 2.05) is 0 Å². The number of hydrogen-bond donors (Lipinski definition) is 0. The molecule has 0 aromatic heterocycles. The van der Waals surface area contributed by atoms with E-state index in [9.17, 15) is 48.3 Å². The first-order chi connectivity index (χ1) is 7.59. The van der Waals surface area contributed by atoms with Gasteiger partial charge in [0.15, 0.2) is 0 Å². The molecule has 1 saturated heterocycles. The van der Waals surface area contributed by atoms with E-state index in [1.54, 1.807) is 0 Å². The molecule has 1 heterocycles. The Hall–Kier alpha value is -0.810. The van der Waals surface area contributed by atoms with Gasteiger partial charge in [-0.3, -0.25) is 0 Å². The van der Waals surface area contributed by atoms with Gasteiger partial charge in [0.25, 0.3) is 5.79 Å². The summed E-state index contributed by atoms with van der Waals surface area (Å²) in [7, 11) is 0. The number of halogens is 11. The van der Waals surface area contributed by atoms with E-state index in [0.717, 1.165) is 0 Å². The predicted molar refractivity (Wildman–Crippen MR) is 32.5 cm³/mol. The molecule has 0 amide bonds. The van der Waals surface area contributed by atoms with Crippen LogP contribution in [-0.4, -0.2) is 41.6 Å². The third kappa shape index (κ3) is 1.80. The Balaban J connectivity index is 3.11. The first-order valence-corrected chi connectivity index (χ1v) is 3.95. The third-order valence-electron chi connectivity index (χ3n) is 2.23. The minimum absolute atomic E-state index is 1.74. The van der Waals surface area contributed by atoms with Crippen LogP contribution in [0.2, 0.25) is 0 Å². The highest BCUT2D eigenvalue weighted by Gasteiger charge is 2.89. The SMILES string of the molecule is FC(F)(F)N1CC1(F)C(F)(F)C(F)(F)C(F)(F)F. The van der Waals surface area contributed by atoms with Gasteiger partial charge in [-0.2, -0.15) is 48.8 Å². The molecule has 0 aromatic rings. The fourth-order valence-electron chi connectivity index (χ4n) is 1.15. The minimum Gasteiger partial charge on any atom is -0.218 e. The summed E-state index contributed by atoms with van der Waals surface area (Å²) in [6.45, 7) is -2.30. The van der Waals surface area contributed by atoms with Crippen molar-refractivity contribution in [1.82, 2.24) is 4.90 Å². The molecule has 1 aliphatic heterocycles. The zero-order valence-corrected chi connectivity index (χ0v) is 7.81. The molecule has 1 fully saturated rings. The van der Waals surface area contributed by atoms with Crippen molar-refractivity contribution in [1.29, 1.82) is 0 Å². The van der Waals surface area contributed by atoms with Crippen molar-refractivity contribution in [3.63, 3.8) is 0 Å². The van der Waals surface area contributed by atoms with Crippen molar-refractivity contribution in [3.05, 3.63) is 0 Å². The summed E-state index contributed by atoms with van der Waals surface area (Å²) in [5, 5.41) is 0. The second-order valence-electron chi connectivity index (χ2n) is 3.46. The van der Waals surface area contributed by atoms with Crippen LogP contribution in [-0.2, 0) is 0 Å². The molecule has 18 heavy (non-hydrogen) atoms. The standard InChI is InChI=1S/C6H2F11N/c7-2(1-18(2)6(15,16)17)3(8,9)4(10,11)5(12,13)14/h1H2. The first-order valence-electron chi connectivity index (χ1n) is 3.95. The number of nitrogens with zero attached hydrogens (tertiary/aromatic N) is 1. The van der Waals surface area contributed by atoms with Crippen LogP contribution in [0.4, 0.5) is 48.3 Å². The van der Waals surface area contributed by atoms with Crippen molar-refractivity contribution in [2.75, 3.05) is 6.54 Å². The summed E-state index contributed by atoms with van der Waals surface area (Å²) < 4.78 is 133. The average molecular weight is 297 g/mol. The van der Waals surface area contributed by atoms with Crippen LogP contribution >= 0.6 is 0 Å². The second-order valence-corrected chi connectivity index (χ2v) is 3.46. The Morgan fingerprint density at radius 3 is 1.39 bits per heavy atom. The van der Waals surface area contributed by atoms with Gasteiger partial charge in [0.1, 0.15) is 0 Å². The van der Waals surface area contributed by atoms with Crippen LogP contribution in [0.1, 0.15) is 0 Å². The van der Waals surface area contributed by atoms with E-state index in [-0.39, 0.29) is 0 Å². The molecule has 108 valence electrons. The lowest BCUT2D eigenvalue weighted by Crippen LogP contribution is -2.60. The van der Waals surface area contributed by atoms with Gasteiger partial charge < -0.3 is 0 Å². The molecule has 0 spiro atoms. The summed E-state index contributed by atoms with van der Waals surface area (Å²) in [4.78, 5) is -1.74. The fraction of sp³-hybridized carbons (Fsp3) is 1.00. The lowest BCUT2D eigenvalue weighted by Gasteiger charge is -2.30. The molecular formula is C6H2F11N. The normalized spacial score (nSPS) is 30.5. The minimum atomic E-state index is -6.92. The lowest BCUT2D eigenvalue weighted by atomic mass is 10.1. The van der Waals surface area contributed by atoms with Gasteiger partial charge in [0, 0.05) is 0 Å². The van der Waals surface area contributed by atoms with Gasteiger partial charge in [-0.25, -0.2) is 4.39 Å². The van der Waals surface area contributed by atoms with Gasteiger partial charge in [-0.1, -0.05) is 0 Å². The molecule has 1 aliphatic rings. The maximum absolute atomic E-state index is 12.9. The van der Waals surface area contributed by atoms with Crippen molar-refractivity contribution in [2.45, 2.75) is 30.1 Å². The highest BCUT2D eigenvalue weighted by Crippen LogP contribution is 2.60. The van der Waals surface area contributed by atoms with E-state index >= 15 is 0 Å². The average Bonchev–Trinajstić information content (AvgIpc) is 2.76. The summed E-state index contributed by atoms with van der Waals surface area (Å²) in [5.74, 6) is -18.6. The van der Waals surface area contributed by atoms with Crippen LogP contribution in [0.5, 0.6) is 0 Å². The first kappa shape index (κ1) is 15.2.